The molecule has 9 fully saturated rings. The van der Waals surface area contributed by atoms with Gasteiger partial charge < -0.3 is 20.1 Å². The summed E-state index contributed by atoms with van der Waals surface area (Å²) >= 11 is 0. The Bertz CT molecular complexity index is 1120. The standard InChI is InChI=1S/C27H31NO5/c1-13-15-8-16-20-26-11-18(33-23(31)14-6-4-3-5-7-14)22(30)24(2)12-28(20)17(19(24)26)10-25(16,21(13)29)27(26,32)9-15/h3-7,15-22,29-30,32H,1,8-12H2,2H3/t15-,16?,17+,18+,19+,20?,21+,22-,24-,25?,26?,27-/m0/s1. The molecule has 6 saturated carbocycles. The smallest absolute Gasteiger partial charge is 0.338 e. The third-order valence-electron chi connectivity index (χ3n) is 11.9. The third kappa shape index (κ3) is 1.67. The fourth-order valence-corrected chi connectivity index (χ4v) is 11.3. The molecule has 0 radical (unpaired) electrons. The lowest BCUT2D eigenvalue weighted by Gasteiger charge is -2.69. The SMILES string of the molecule is C=C1[C@H]2CC3C4N5C[C@]6(C)[C@@H](O)[C@H](OC(=O)c7ccccc7)CC47[C@@H]6[C@H]5CC3([C@@H]1O)[C@@]7(O)C2. The van der Waals surface area contributed by atoms with Crippen molar-refractivity contribution in [1.82, 2.24) is 4.90 Å². The summed E-state index contributed by atoms with van der Waals surface area (Å²) in [5.41, 5.74) is -1.11. The molecule has 1 aromatic carbocycles. The van der Waals surface area contributed by atoms with Crippen LogP contribution in [0.25, 0.3) is 0 Å². The first kappa shape index (κ1) is 19.6. The van der Waals surface area contributed by atoms with Crippen LogP contribution in [0.3, 0.4) is 0 Å². The number of nitrogens with zero attached hydrogens (tertiary/aromatic N) is 1. The van der Waals surface area contributed by atoms with Gasteiger partial charge in [0.1, 0.15) is 6.10 Å². The van der Waals surface area contributed by atoms with Crippen LogP contribution in [-0.2, 0) is 4.74 Å². The average molecular weight is 450 g/mol. The molecule has 3 N–H and O–H groups in total. The van der Waals surface area contributed by atoms with Crippen molar-refractivity contribution in [2.45, 2.75) is 68.6 Å². The van der Waals surface area contributed by atoms with E-state index < -0.39 is 46.1 Å². The summed E-state index contributed by atoms with van der Waals surface area (Å²) < 4.78 is 6.03. The molecule has 6 heteroatoms. The number of carbonyl (C=O) groups excluding carboxylic acids is 1. The Morgan fingerprint density at radius 2 is 1.91 bits per heavy atom. The lowest BCUT2D eigenvalue weighted by Crippen LogP contribution is -2.75. The predicted octanol–water partition coefficient (Wildman–Crippen LogP) is 1.74. The largest absolute Gasteiger partial charge is 0.456 e. The van der Waals surface area contributed by atoms with Gasteiger partial charge in [-0.1, -0.05) is 31.7 Å². The number of carbonyl (C=O) groups is 1. The van der Waals surface area contributed by atoms with E-state index in [4.69, 9.17) is 4.74 Å². The first-order valence-corrected chi connectivity index (χ1v) is 12.5. The Labute approximate surface area is 193 Å². The van der Waals surface area contributed by atoms with Crippen LogP contribution in [0, 0.1) is 34.0 Å². The van der Waals surface area contributed by atoms with Gasteiger partial charge in [0.05, 0.1) is 23.4 Å². The Hall–Kier alpha value is -1.73. The molecule has 33 heavy (non-hydrogen) atoms. The van der Waals surface area contributed by atoms with E-state index in [1.165, 1.54) is 0 Å². The van der Waals surface area contributed by atoms with Gasteiger partial charge in [0.15, 0.2) is 0 Å². The summed E-state index contributed by atoms with van der Waals surface area (Å²) in [6.45, 7) is 7.14. The highest BCUT2D eigenvalue weighted by Crippen LogP contribution is 2.88. The normalized spacial score (nSPS) is 60.5. The van der Waals surface area contributed by atoms with Crippen LogP contribution in [0.1, 0.15) is 43.0 Å². The Morgan fingerprint density at radius 3 is 2.67 bits per heavy atom. The Kier molecular flexibility index (Phi) is 3.20. The number of rotatable bonds is 2. The van der Waals surface area contributed by atoms with Gasteiger partial charge in [0, 0.05) is 34.9 Å². The van der Waals surface area contributed by atoms with Crippen molar-refractivity contribution >= 4 is 5.97 Å². The van der Waals surface area contributed by atoms with Crippen molar-refractivity contribution in [3.63, 3.8) is 0 Å². The van der Waals surface area contributed by atoms with Crippen molar-refractivity contribution in [3.05, 3.63) is 48.0 Å². The van der Waals surface area contributed by atoms with E-state index in [2.05, 4.69) is 18.4 Å². The van der Waals surface area contributed by atoms with Gasteiger partial charge in [-0.15, -0.1) is 0 Å². The predicted molar refractivity (Wildman–Crippen MR) is 118 cm³/mol. The van der Waals surface area contributed by atoms with Crippen molar-refractivity contribution in [2.75, 3.05) is 6.54 Å². The van der Waals surface area contributed by atoms with E-state index >= 15 is 0 Å². The van der Waals surface area contributed by atoms with Crippen LogP contribution in [-0.4, -0.2) is 68.7 Å². The van der Waals surface area contributed by atoms with Crippen LogP contribution >= 0.6 is 0 Å². The molecule has 9 bridgehead atoms. The van der Waals surface area contributed by atoms with Gasteiger partial charge >= 0.3 is 5.97 Å². The summed E-state index contributed by atoms with van der Waals surface area (Å²) in [6, 6.07) is 9.37. The highest BCUT2D eigenvalue weighted by molar-refractivity contribution is 5.89. The van der Waals surface area contributed by atoms with Gasteiger partial charge in [-0.2, -0.15) is 0 Å². The number of hydrogen-bond acceptors (Lipinski definition) is 6. The highest BCUT2D eigenvalue weighted by Gasteiger charge is 2.94. The topological polar surface area (TPSA) is 90.2 Å². The molecule has 9 aliphatic rings. The number of aliphatic hydroxyl groups excluding tert-OH is 2. The summed E-state index contributed by atoms with van der Waals surface area (Å²) in [5, 5.41) is 35.8. The van der Waals surface area contributed by atoms with E-state index in [1.807, 2.05) is 6.07 Å². The lowest BCUT2D eigenvalue weighted by molar-refractivity contribution is -0.288. The molecule has 3 aliphatic heterocycles. The van der Waals surface area contributed by atoms with Crippen molar-refractivity contribution in [2.24, 2.45) is 34.0 Å². The first-order chi connectivity index (χ1) is 15.7. The molecule has 2 spiro atoms. The van der Waals surface area contributed by atoms with Gasteiger partial charge in [0.2, 0.25) is 0 Å². The van der Waals surface area contributed by atoms with Crippen LogP contribution in [0.4, 0.5) is 0 Å². The lowest BCUT2D eigenvalue weighted by atomic mass is 9.37. The van der Waals surface area contributed by atoms with Crippen molar-refractivity contribution in [1.29, 1.82) is 0 Å². The molecule has 13 atom stereocenters. The second-order valence-electron chi connectivity index (χ2n) is 12.5. The first-order valence-electron chi connectivity index (χ1n) is 12.5. The van der Waals surface area contributed by atoms with Crippen molar-refractivity contribution < 1.29 is 24.9 Å². The van der Waals surface area contributed by atoms with E-state index in [-0.39, 0.29) is 29.8 Å². The van der Waals surface area contributed by atoms with Crippen LogP contribution in [0.15, 0.2) is 42.5 Å². The van der Waals surface area contributed by atoms with Crippen LogP contribution < -0.4 is 0 Å². The summed E-state index contributed by atoms with van der Waals surface area (Å²) in [5.74, 6) is 0.0952. The molecule has 6 aliphatic carbocycles. The molecule has 10 rings (SSSR count). The zero-order valence-electron chi connectivity index (χ0n) is 18.9. The Morgan fingerprint density at radius 1 is 1.15 bits per heavy atom. The monoisotopic (exact) mass is 449 g/mol. The second kappa shape index (κ2) is 5.40. The second-order valence-corrected chi connectivity index (χ2v) is 12.5. The van der Waals surface area contributed by atoms with Gasteiger partial charge in [-0.3, -0.25) is 4.90 Å². The van der Waals surface area contributed by atoms with Crippen LogP contribution in [0.5, 0.6) is 0 Å². The van der Waals surface area contributed by atoms with Gasteiger partial charge in [0.25, 0.3) is 0 Å². The molecular weight excluding hydrogens is 418 g/mol. The quantitative estimate of drug-likeness (QED) is 0.471. The number of aliphatic hydroxyl groups is 3. The molecule has 1 aromatic rings. The zero-order valence-corrected chi connectivity index (χ0v) is 18.9. The van der Waals surface area contributed by atoms with E-state index in [9.17, 15) is 20.1 Å². The molecule has 3 heterocycles. The fourth-order valence-electron chi connectivity index (χ4n) is 11.3. The summed E-state index contributed by atoms with van der Waals surface area (Å²) in [7, 11) is 0. The minimum Gasteiger partial charge on any atom is -0.456 e. The highest BCUT2D eigenvalue weighted by atomic mass is 16.6. The molecule has 0 aromatic heterocycles. The molecule has 3 saturated heterocycles. The fraction of sp³-hybridized carbons (Fsp3) is 0.667. The molecule has 5 unspecified atom stereocenters. The molecule has 0 amide bonds. The summed E-state index contributed by atoms with van der Waals surface area (Å²) in [6.07, 6.45) is 0.747. The maximum absolute atomic E-state index is 13.0. The van der Waals surface area contributed by atoms with Crippen molar-refractivity contribution in [3.8, 4) is 0 Å². The zero-order chi connectivity index (χ0) is 22.7. The molecule has 6 nitrogen and oxygen atoms in total. The van der Waals surface area contributed by atoms with Crippen LogP contribution in [0.2, 0.25) is 0 Å². The number of piperidine rings is 2. The average Bonchev–Trinajstić information content (AvgIpc) is 3.21. The number of fused-ring (bicyclic) bond motifs is 1. The molecular formula is C27H31NO5. The van der Waals surface area contributed by atoms with E-state index in [0.29, 0.717) is 18.4 Å². The van der Waals surface area contributed by atoms with E-state index in [0.717, 1.165) is 25.0 Å². The third-order valence-corrected chi connectivity index (χ3v) is 11.9. The van der Waals surface area contributed by atoms with E-state index in [1.54, 1.807) is 24.3 Å². The summed E-state index contributed by atoms with van der Waals surface area (Å²) in [4.78, 5) is 15.6. The minimum absolute atomic E-state index is 0.137. The molecule has 174 valence electrons. The maximum atomic E-state index is 13.0. The number of hydrogen-bond donors (Lipinski definition) is 3. The maximum Gasteiger partial charge on any atom is 0.338 e. The van der Waals surface area contributed by atoms with Gasteiger partial charge in [-0.05, 0) is 61.1 Å². The minimum atomic E-state index is -1.02. The van der Waals surface area contributed by atoms with Gasteiger partial charge in [-0.25, -0.2) is 4.79 Å². The number of esters is 1. The number of ether oxygens (including phenoxy) is 1. The Balaban J connectivity index is 1.27. The number of benzene rings is 1.